The molecule has 0 saturated heterocycles. The van der Waals surface area contributed by atoms with Gasteiger partial charge >= 0.3 is 0 Å². The number of pyridine rings is 1. The summed E-state index contributed by atoms with van der Waals surface area (Å²) in [4.78, 5) is 16.4. The third-order valence-corrected chi connectivity index (χ3v) is 2.78. The van der Waals surface area contributed by atoms with E-state index in [0.29, 0.717) is 5.56 Å². The zero-order valence-electron chi connectivity index (χ0n) is 10.6. The van der Waals surface area contributed by atoms with Crippen molar-refractivity contribution in [1.29, 1.82) is 0 Å². The number of nitrogens with zero attached hydrogens (tertiary/aromatic N) is 1. The summed E-state index contributed by atoms with van der Waals surface area (Å²) in [5.41, 5.74) is 2.57. The fourth-order valence-corrected chi connectivity index (χ4v) is 2.00. The second-order valence-corrected chi connectivity index (χ2v) is 4.43. The van der Waals surface area contributed by atoms with Gasteiger partial charge in [0.05, 0.1) is 5.56 Å². The SMILES string of the molecule is Cc1cc(C)c(C(=O)c2cccc(C)n2)c(F)c1. The van der Waals surface area contributed by atoms with Crippen molar-refractivity contribution in [3.05, 3.63) is 64.2 Å². The van der Waals surface area contributed by atoms with Crippen molar-refractivity contribution >= 4 is 5.78 Å². The van der Waals surface area contributed by atoms with Crippen LogP contribution in [0.5, 0.6) is 0 Å². The molecule has 0 spiro atoms. The van der Waals surface area contributed by atoms with E-state index in [1.807, 2.05) is 0 Å². The minimum Gasteiger partial charge on any atom is -0.287 e. The fraction of sp³-hybridized carbons (Fsp3) is 0.200. The maximum Gasteiger partial charge on any atom is 0.214 e. The number of carbonyl (C=O) groups is 1. The van der Waals surface area contributed by atoms with E-state index < -0.39 is 5.82 Å². The average molecular weight is 243 g/mol. The minimum absolute atomic E-state index is 0.110. The van der Waals surface area contributed by atoms with Crippen molar-refractivity contribution in [2.24, 2.45) is 0 Å². The molecule has 0 radical (unpaired) electrons. The Morgan fingerprint density at radius 3 is 2.50 bits per heavy atom. The third kappa shape index (κ3) is 2.30. The van der Waals surface area contributed by atoms with Crippen LogP contribution in [0.25, 0.3) is 0 Å². The van der Waals surface area contributed by atoms with Crippen LogP contribution < -0.4 is 0 Å². The van der Waals surface area contributed by atoms with Crippen LogP contribution in [0.1, 0.15) is 32.9 Å². The summed E-state index contributed by atoms with van der Waals surface area (Å²) in [5, 5.41) is 0. The zero-order chi connectivity index (χ0) is 13.3. The number of hydrogen-bond donors (Lipinski definition) is 0. The van der Waals surface area contributed by atoms with Crippen LogP contribution in [0.15, 0.2) is 30.3 Å². The first-order valence-corrected chi connectivity index (χ1v) is 5.74. The number of aromatic nitrogens is 1. The van der Waals surface area contributed by atoms with Crippen LogP contribution in [0.4, 0.5) is 4.39 Å². The van der Waals surface area contributed by atoms with E-state index in [2.05, 4.69) is 4.98 Å². The number of aryl methyl sites for hydroxylation is 3. The molecule has 0 amide bonds. The summed E-state index contributed by atoms with van der Waals surface area (Å²) >= 11 is 0. The molecule has 0 aliphatic rings. The third-order valence-electron chi connectivity index (χ3n) is 2.78. The van der Waals surface area contributed by atoms with Gasteiger partial charge in [-0.25, -0.2) is 9.37 Å². The first-order valence-electron chi connectivity index (χ1n) is 5.74. The first kappa shape index (κ1) is 12.4. The number of carbonyl (C=O) groups excluding carboxylic acids is 1. The summed E-state index contributed by atoms with van der Waals surface area (Å²) in [6.45, 7) is 5.34. The standard InChI is InChI=1S/C15H14FNO/c1-9-7-10(2)14(12(16)8-9)15(18)13-6-4-5-11(3)17-13/h4-8H,1-3H3. The number of hydrogen-bond acceptors (Lipinski definition) is 2. The Balaban J connectivity index is 2.53. The molecule has 18 heavy (non-hydrogen) atoms. The molecule has 1 aromatic heterocycles. The van der Waals surface area contributed by atoms with Crippen LogP contribution in [-0.4, -0.2) is 10.8 Å². The van der Waals surface area contributed by atoms with Gasteiger partial charge in [0.2, 0.25) is 5.78 Å². The van der Waals surface area contributed by atoms with Crippen molar-refractivity contribution in [3.63, 3.8) is 0 Å². The number of halogens is 1. The number of rotatable bonds is 2. The first-order chi connectivity index (χ1) is 8.49. The summed E-state index contributed by atoms with van der Waals surface area (Å²) in [6.07, 6.45) is 0. The lowest BCUT2D eigenvalue weighted by Crippen LogP contribution is -2.09. The highest BCUT2D eigenvalue weighted by Gasteiger charge is 2.18. The van der Waals surface area contributed by atoms with Gasteiger partial charge in [-0.05, 0) is 50.1 Å². The Hall–Kier alpha value is -2.03. The molecule has 2 nitrogen and oxygen atoms in total. The van der Waals surface area contributed by atoms with E-state index in [9.17, 15) is 9.18 Å². The molecule has 0 unspecified atom stereocenters. The molecular weight excluding hydrogens is 229 g/mol. The van der Waals surface area contributed by atoms with E-state index in [4.69, 9.17) is 0 Å². The summed E-state index contributed by atoms with van der Waals surface area (Å²) in [7, 11) is 0. The molecule has 0 aliphatic carbocycles. The Labute approximate surface area is 105 Å². The van der Waals surface area contributed by atoms with Crippen molar-refractivity contribution in [1.82, 2.24) is 4.98 Å². The van der Waals surface area contributed by atoms with Crippen LogP contribution in [0.3, 0.4) is 0 Å². The molecule has 0 aliphatic heterocycles. The molecule has 0 atom stereocenters. The van der Waals surface area contributed by atoms with Crippen molar-refractivity contribution in [2.45, 2.75) is 20.8 Å². The lowest BCUT2D eigenvalue weighted by molar-refractivity contribution is 0.103. The Bertz CT molecular complexity index is 597. The van der Waals surface area contributed by atoms with Crippen molar-refractivity contribution in [2.75, 3.05) is 0 Å². The maximum atomic E-state index is 13.9. The van der Waals surface area contributed by atoms with Crippen LogP contribution in [0, 0.1) is 26.6 Å². The van der Waals surface area contributed by atoms with Gasteiger partial charge in [0, 0.05) is 5.69 Å². The van der Waals surface area contributed by atoms with E-state index in [-0.39, 0.29) is 17.0 Å². The van der Waals surface area contributed by atoms with E-state index in [0.717, 1.165) is 11.3 Å². The Morgan fingerprint density at radius 2 is 1.89 bits per heavy atom. The fourth-order valence-electron chi connectivity index (χ4n) is 2.00. The Morgan fingerprint density at radius 1 is 1.17 bits per heavy atom. The van der Waals surface area contributed by atoms with Crippen molar-refractivity contribution < 1.29 is 9.18 Å². The summed E-state index contributed by atoms with van der Waals surface area (Å²) in [5.74, 6) is -0.852. The van der Waals surface area contributed by atoms with Gasteiger partial charge in [-0.15, -0.1) is 0 Å². The molecule has 2 aromatic rings. The normalized spacial score (nSPS) is 10.4. The molecule has 0 N–H and O–H groups in total. The van der Waals surface area contributed by atoms with Gasteiger partial charge < -0.3 is 0 Å². The smallest absolute Gasteiger partial charge is 0.214 e. The predicted molar refractivity (Wildman–Crippen MR) is 68.3 cm³/mol. The minimum atomic E-state index is -0.485. The van der Waals surface area contributed by atoms with E-state index >= 15 is 0 Å². The molecule has 3 heteroatoms. The highest BCUT2D eigenvalue weighted by molar-refractivity contribution is 6.08. The number of ketones is 1. The molecule has 0 saturated carbocycles. The van der Waals surface area contributed by atoms with Gasteiger partial charge in [0.1, 0.15) is 11.5 Å². The molecule has 0 fully saturated rings. The quantitative estimate of drug-likeness (QED) is 0.757. The molecule has 1 aromatic carbocycles. The zero-order valence-corrected chi connectivity index (χ0v) is 10.6. The van der Waals surface area contributed by atoms with Gasteiger partial charge in [-0.2, -0.15) is 0 Å². The maximum absolute atomic E-state index is 13.9. The predicted octanol–water partition coefficient (Wildman–Crippen LogP) is 3.38. The largest absolute Gasteiger partial charge is 0.287 e. The van der Waals surface area contributed by atoms with Gasteiger partial charge in [0.15, 0.2) is 0 Å². The molecule has 1 heterocycles. The van der Waals surface area contributed by atoms with Gasteiger partial charge in [-0.3, -0.25) is 4.79 Å². The van der Waals surface area contributed by atoms with Crippen LogP contribution in [0.2, 0.25) is 0 Å². The second-order valence-electron chi connectivity index (χ2n) is 4.43. The van der Waals surface area contributed by atoms with Crippen LogP contribution >= 0.6 is 0 Å². The van der Waals surface area contributed by atoms with E-state index in [1.54, 1.807) is 45.0 Å². The van der Waals surface area contributed by atoms with Crippen LogP contribution in [-0.2, 0) is 0 Å². The monoisotopic (exact) mass is 243 g/mol. The highest BCUT2D eigenvalue weighted by Crippen LogP contribution is 2.19. The molecule has 92 valence electrons. The Kier molecular flexibility index (Phi) is 3.24. The average Bonchev–Trinajstić information content (AvgIpc) is 2.27. The van der Waals surface area contributed by atoms with E-state index in [1.165, 1.54) is 6.07 Å². The second kappa shape index (κ2) is 4.69. The summed E-state index contributed by atoms with van der Waals surface area (Å²) in [6, 6.07) is 8.32. The molecule has 0 bridgehead atoms. The molecule has 2 rings (SSSR count). The van der Waals surface area contributed by atoms with Crippen molar-refractivity contribution in [3.8, 4) is 0 Å². The molecular formula is C15H14FNO. The van der Waals surface area contributed by atoms with Gasteiger partial charge in [-0.1, -0.05) is 12.1 Å². The van der Waals surface area contributed by atoms with Gasteiger partial charge in [0.25, 0.3) is 0 Å². The lowest BCUT2D eigenvalue weighted by atomic mass is 9.99. The topological polar surface area (TPSA) is 30.0 Å². The lowest BCUT2D eigenvalue weighted by Gasteiger charge is -2.07. The summed E-state index contributed by atoms with van der Waals surface area (Å²) < 4.78 is 13.9. The highest BCUT2D eigenvalue weighted by atomic mass is 19.1. The number of benzene rings is 1.